The zero-order chi connectivity index (χ0) is 12.7. The zero-order valence-corrected chi connectivity index (χ0v) is 11.0. The molecule has 1 atom stereocenters. The van der Waals surface area contributed by atoms with Crippen molar-refractivity contribution in [3.8, 4) is 0 Å². The Bertz CT molecular complexity index is 236. The standard InChI is InChI=1S/C12H25N3O2/c1-14-7-8-15(2)11(10-14)9-13-6-4-3-5-12(16)17/h11,13H,3-10H2,1-2H3,(H,16,17). The highest BCUT2D eigenvalue weighted by Crippen LogP contribution is 2.04. The molecule has 1 aliphatic rings. The number of nitrogens with one attached hydrogen (secondary N) is 1. The summed E-state index contributed by atoms with van der Waals surface area (Å²) >= 11 is 0. The van der Waals surface area contributed by atoms with Gasteiger partial charge in [0.1, 0.15) is 0 Å². The molecule has 0 aromatic rings. The van der Waals surface area contributed by atoms with Gasteiger partial charge in [0.15, 0.2) is 0 Å². The first-order valence-corrected chi connectivity index (χ1v) is 6.41. The fraction of sp³-hybridized carbons (Fsp3) is 0.917. The minimum atomic E-state index is -0.696. The van der Waals surface area contributed by atoms with Crippen LogP contribution in [0.15, 0.2) is 0 Å². The maximum absolute atomic E-state index is 10.3. The molecule has 0 aliphatic carbocycles. The summed E-state index contributed by atoms with van der Waals surface area (Å²) < 4.78 is 0. The Hall–Kier alpha value is -0.650. The van der Waals surface area contributed by atoms with Crippen molar-refractivity contribution in [2.24, 2.45) is 0 Å². The highest BCUT2D eigenvalue weighted by atomic mass is 16.4. The molecule has 0 aromatic carbocycles. The maximum atomic E-state index is 10.3. The van der Waals surface area contributed by atoms with Crippen molar-refractivity contribution in [1.29, 1.82) is 0 Å². The third-order valence-corrected chi connectivity index (χ3v) is 3.35. The number of hydrogen-bond acceptors (Lipinski definition) is 4. The first kappa shape index (κ1) is 14.4. The first-order chi connectivity index (χ1) is 8.09. The van der Waals surface area contributed by atoms with Gasteiger partial charge < -0.3 is 15.3 Å². The third-order valence-electron chi connectivity index (χ3n) is 3.35. The lowest BCUT2D eigenvalue weighted by Crippen LogP contribution is -2.53. The average Bonchev–Trinajstić information content (AvgIpc) is 2.27. The molecular weight excluding hydrogens is 218 g/mol. The van der Waals surface area contributed by atoms with Crippen molar-refractivity contribution in [3.05, 3.63) is 0 Å². The van der Waals surface area contributed by atoms with Gasteiger partial charge in [0, 0.05) is 38.6 Å². The normalized spacial score (nSPS) is 22.8. The predicted octanol–water partition coefficient (Wildman–Crippen LogP) is 0.0767. The lowest BCUT2D eigenvalue weighted by atomic mass is 10.2. The fourth-order valence-electron chi connectivity index (χ4n) is 2.12. The molecule has 5 nitrogen and oxygen atoms in total. The van der Waals surface area contributed by atoms with Gasteiger partial charge in [0.05, 0.1) is 0 Å². The van der Waals surface area contributed by atoms with E-state index in [1.54, 1.807) is 0 Å². The minimum absolute atomic E-state index is 0.285. The summed E-state index contributed by atoms with van der Waals surface area (Å²) in [5, 5.41) is 11.9. The number of hydrogen-bond donors (Lipinski definition) is 2. The highest BCUT2D eigenvalue weighted by molar-refractivity contribution is 5.66. The molecule has 0 aromatic heterocycles. The Morgan fingerprint density at radius 2 is 2.12 bits per heavy atom. The average molecular weight is 243 g/mol. The predicted molar refractivity (Wildman–Crippen MR) is 68.3 cm³/mol. The van der Waals surface area contributed by atoms with Crippen molar-refractivity contribution >= 4 is 5.97 Å². The van der Waals surface area contributed by atoms with Crippen molar-refractivity contribution < 1.29 is 9.90 Å². The van der Waals surface area contributed by atoms with Crippen LogP contribution in [0.25, 0.3) is 0 Å². The number of piperazine rings is 1. The molecule has 17 heavy (non-hydrogen) atoms. The van der Waals surface area contributed by atoms with Crippen LogP contribution in [0.5, 0.6) is 0 Å². The number of carboxylic acid groups (broad SMARTS) is 1. The van der Waals surface area contributed by atoms with Crippen LogP contribution in [-0.2, 0) is 4.79 Å². The molecule has 1 heterocycles. The summed E-state index contributed by atoms with van der Waals surface area (Å²) in [6.45, 7) is 5.29. The molecule has 100 valence electrons. The Kier molecular flexibility index (Phi) is 6.47. The number of carbonyl (C=O) groups is 1. The Morgan fingerprint density at radius 3 is 2.82 bits per heavy atom. The molecule has 1 aliphatic heterocycles. The van der Waals surface area contributed by atoms with Crippen LogP contribution in [0, 0.1) is 0 Å². The molecule has 0 spiro atoms. The van der Waals surface area contributed by atoms with Crippen LogP contribution >= 0.6 is 0 Å². The van der Waals surface area contributed by atoms with Gasteiger partial charge in [-0.05, 0) is 33.5 Å². The minimum Gasteiger partial charge on any atom is -0.481 e. The van der Waals surface area contributed by atoms with E-state index in [1.165, 1.54) is 0 Å². The van der Waals surface area contributed by atoms with Gasteiger partial charge in [0.25, 0.3) is 0 Å². The summed E-state index contributed by atoms with van der Waals surface area (Å²) in [5.41, 5.74) is 0. The molecule has 2 N–H and O–H groups in total. The van der Waals surface area contributed by atoms with Crippen molar-refractivity contribution in [3.63, 3.8) is 0 Å². The second-order valence-corrected chi connectivity index (χ2v) is 4.95. The summed E-state index contributed by atoms with van der Waals surface area (Å²) in [4.78, 5) is 15.1. The molecule has 5 heteroatoms. The SMILES string of the molecule is CN1CCN(C)C(CNCCCCC(=O)O)C1. The van der Waals surface area contributed by atoms with Crippen molar-refractivity contribution in [2.75, 3.05) is 46.8 Å². The molecule has 1 fully saturated rings. The molecule has 0 radical (unpaired) electrons. The number of nitrogens with zero attached hydrogens (tertiary/aromatic N) is 2. The summed E-state index contributed by atoms with van der Waals surface area (Å²) in [6, 6.07) is 0.577. The summed E-state index contributed by atoms with van der Waals surface area (Å²) in [7, 11) is 4.33. The molecule has 1 unspecified atom stereocenters. The second kappa shape index (κ2) is 7.63. The maximum Gasteiger partial charge on any atom is 0.303 e. The van der Waals surface area contributed by atoms with E-state index in [-0.39, 0.29) is 6.42 Å². The lowest BCUT2D eigenvalue weighted by molar-refractivity contribution is -0.137. The van der Waals surface area contributed by atoms with Crippen molar-refractivity contribution in [2.45, 2.75) is 25.3 Å². The first-order valence-electron chi connectivity index (χ1n) is 6.41. The van der Waals surface area contributed by atoms with E-state index in [0.717, 1.165) is 45.6 Å². The highest BCUT2D eigenvalue weighted by Gasteiger charge is 2.21. The van der Waals surface area contributed by atoms with Crippen LogP contribution in [0.2, 0.25) is 0 Å². The molecule has 0 bridgehead atoms. The molecule has 1 saturated heterocycles. The van der Waals surface area contributed by atoms with Gasteiger partial charge >= 0.3 is 5.97 Å². The lowest BCUT2D eigenvalue weighted by Gasteiger charge is -2.37. The van der Waals surface area contributed by atoms with Gasteiger partial charge in [-0.2, -0.15) is 0 Å². The van der Waals surface area contributed by atoms with Gasteiger partial charge in [-0.15, -0.1) is 0 Å². The van der Waals surface area contributed by atoms with Gasteiger partial charge in [0.2, 0.25) is 0 Å². The summed E-state index contributed by atoms with van der Waals surface area (Å²) in [5.74, 6) is -0.696. The quantitative estimate of drug-likeness (QED) is 0.620. The zero-order valence-electron chi connectivity index (χ0n) is 11.0. The monoisotopic (exact) mass is 243 g/mol. The third kappa shape index (κ3) is 6.00. The van der Waals surface area contributed by atoms with E-state index in [1.807, 2.05) is 0 Å². The number of carboxylic acids is 1. The number of rotatable bonds is 7. The van der Waals surface area contributed by atoms with Gasteiger partial charge in [-0.1, -0.05) is 0 Å². The van der Waals surface area contributed by atoms with E-state index in [4.69, 9.17) is 5.11 Å². The molecular formula is C12H25N3O2. The van der Waals surface area contributed by atoms with Gasteiger partial charge in [-0.3, -0.25) is 9.69 Å². The van der Waals surface area contributed by atoms with Crippen LogP contribution in [0.4, 0.5) is 0 Å². The molecule has 0 amide bonds. The van der Waals surface area contributed by atoms with Crippen LogP contribution in [0.1, 0.15) is 19.3 Å². The van der Waals surface area contributed by atoms with E-state index < -0.39 is 5.97 Å². The Labute approximate surface area is 104 Å². The smallest absolute Gasteiger partial charge is 0.303 e. The van der Waals surface area contributed by atoms with Gasteiger partial charge in [-0.25, -0.2) is 0 Å². The number of likely N-dealkylation sites (N-methyl/N-ethyl adjacent to an activating group) is 2. The van der Waals surface area contributed by atoms with E-state index in [0.29, 0.717) is 6.04 Å². The van der Waals surface area contributed by atoms with E-state index in [2.05, 4.69) is 29.2 Å². The van der Waals surface area contributed by atoms with E-state index >= 15 is 0 Å². The molecule has 1 rings (SSSR count). The van der Waals surface area contributed by atoms with Crippen molar-refractivity contribution in [1.82, 2.24) is 15.1 Å². The largest absolute Gasteiger partial charge is 0.481 e. The Morgan fingerprint density at radius 1 is 1.35 bits per heavy atom. The summed E-state index contributed by atoms with van der Waals surface area (Å²) in [6.07, 6.45) is 2.00. The number of aliphatic carboxylic acids is 1. The number of unbranched alkanes of at least 4 members (excludes halogenated alkanes) is 1. The van der Waals surface area contributed by atoms with E-state index in [9.17, 15) is 4.79 Å². The second-order valence-electron chi connectivity index (χ2n) is 4.95. The van der Waals surface area contributed by atoms with Crippen LogP contribution in [-0.4, -0.2) is 73.7 Å². The Balaban J connectivity index is 2.03. The molecule has 0 saturated carbocycles. The van der Waals surface area contributed by atoms with Crippen LogP contribution in [0.3, 0.4) is 0 Å². The topological polar surface area (TPSA) is 55.8 Å². The fourth-order valence-corrected chi connectivity index (χ4v) is 2.12. The van der Waals surface area contributed by atoms with Crippen LogP contribution < -0.4 is 5.32 Å².